The smallest absolute Gasteiger partial charge is 0.157 e. The highest BCUT2D eigenvalue weighted by molar-refractivity contribution is 6.11. The average molecular weight is 244 g/mol. The van der Waals surface area contributed by atoms with Crippen molar-refractivity contribution < 1.29 is 13.9 Å². The van der Waals surface area contributed by atoms with Gasteiger partial charge in [0, 0.05) is 0 Å². The molecule has 0 bridgehead atoms. The van der Waals surface area contributed by atoms with E-state index in [2.05, 4.69) is 16.3 Å². The largest absolute Gasteiger partial charge is 0.390 e. The lowest BCUT2D eigenvalue weighted by Gasteiger charge is -2.39. The summed E-state index contributed by atoms with van der Waals surface area (Å²) < 4.78 is 27.9. The molecule has 0 aromatic rings. The Morgan fingerprint density at radius 3 is 2.12 bits per heavy atom. The number of alkyl halides is 2. The van der Waals surface area contributed by atoms with E-state index in [1.165, 1.54) is 0 Å². The Hall–Kier alpha value is 0.352. The normalized spacial score (nSPS) is 50.2. The molecular formula is C12H19AlF2O. The van der Waals surface area contributed by atoms with Crippen LogP contribution >= 0.6 is 0 Å². The van der Waals surface area contributed by atoms with Gasteiger partial charge >= 0.3 is 0 Å². The summed E-state index contributed by atoms with van der Waals surface area (Å²) in [7, 11) is 0. The first kappa shape index (κ1) is 12.8. The predicted octanol–water partition coefficient (Wildman–Crippen LogP) is 2.58. The molecule has 1 nitrogen and oxygen atoms in total. The molecule has 2 fully saturated rings. The summed E-state index contributed by atoms with van der Waals surface area (Å²) in [5, 5.41) is 9.29. The number of halogens is 2. The molecule has 0 spiro atoms. The topological polar surface area (TPSA) is 20.2 Å². The second-order valence-electron chi connectivity index (χ2n) is 5.37. The number of hydrogen-bond acceptors (Lipinski definition) is 1. The first-order valence-electron chi connectivity index (χ1n) is 6.31. The van der Waals surface area contributed by atoms with Gasteiger partial charge in [0.15, 0.2) is 6.17 Å². The van der Waals surface area contributed by atoms with Gasteiger partial charge in [-0.1, -0.05) is 25.7 Å². The SMILES string of the molecule is OC1CCC(C2CC[CH]([Al])CC2)C(F)C1F. The van der Waals surface area contributed by atoms with Gasteiger partial charge in [0.2, 0.25) is 0 Å². The summed E-state index contributed by atoms with van der Waals surface area (Å²) in [6.45, 7) is 0. The molecule has 4 atom stereocenters. The molecule has 90 valence electrons. The van der Waals surface area contributed by atoms with E-state index in [-0.39, 0.29) is 5.92 Å². The van der Waals surface area contributed by atoms with E-state index < -0.39 is 18.4 Å². The van der Waals surface area contributed by atoms with E-state index in [1.54, 1.807) is 0 Å². The third kappa shape index (κ3) is 2.60. The van der Waals surface area contributed by atoms with Crippen LogP contribution in [0.15, 0.2) is 0 Å². The highest BCUT2D eigenvalue weighted by Crippen LogP contribution is 2.42. The van der Waals surface area contributed by atoms with Crippen LogP contribution in [-0.2, 0) is 0 Å². The predicted molar refractivity (Wildman–Crippen MR) is 60.0 cm³/mol. The van der Waals surface area contributed by atoms with E-state index in [1.807, 2.05) is 0 Å². The van der Waals surface area contributed by atoms with E-state index in [0.717, 1.165) is 25.7 Å². The molecular weight excluding hydrogens is 225 g/mol. The fraction of sp³-hybridized carbons (Fsp3) is 1.00. The Labute approximate surface area is 104 Å². The maximum absolute atomic E-state index is 13.8. The minimum atomic E-state index is -1.66. The molecule has 2 aliphatic carbocycles. The second-order valence-corrected chi connectivity index (χ2v) is 6.32. The standard InChI is InChI=1S/C12H19F2O.Al/c13-11-9(6-7-10(15)12(11)14)8-4-2-1-3-5-8;/h1,8-12,15H,2-7H2;. The van der Waals surface area contributed by atoms with Gasteiger partial charge in [-0.2, -0.15) is 0 Å². The van der Waals surface area contributed by atoms with Gasteiger partial charge in [-0.05, 0) is 24.7 Å². The Balaban J connectivity index is 1.94. The lowest BCUT2D eigenvalue weighted by Crippen LogP contribution is -2.44. The van der Waals surface area contributed by atoms with Crippen molar-refractivity contribution in [1.29, 1.82) is 0 Å². The molecule has 2 saturated carbocycles. The summed E-state index contributed by atoms with van der Waals surface area (Å²) in [6.07, 6.45) is 1.13. The monoisotopic (exact) mass is 244 g/mol. The Morgan fingerprint density at radius 2 is 1.50 bits per heavy atom. The van der Waals surface area contributed by atoms with E-state index in [4.69, 9.17) is 0 Å². The maximum Gasteiger partial charge on any atom is 0.157 e. The van der Waals surface area contributed by atoms with E-state index >= 15 is 0 Å². The third-order valence-corrected chi connectivity index (χ3v) is 4.97. The van der Waals surface area contributed by atoms with Crippen molar-refractivity contribution in [2.45, 2.75) is 61.8 Å². The maximum atomic E-state index is 13.8. The molecule has 1 N–H and O–H groups in total. The van der Waals surface area contributed by atoms with Crippen molar-refractivity contribution in [3.05, 3.63) is 0 Å². The summed E-state index contributed by atoms with van der Waals surface area (Å²) >= 11 is 2.82. The van der Waals surface area contributed by atoms with Gasteiger partial charge in [0.05, 0.1) is 6.10 Å². The van der Waals surface area contributed by atoms with Crippen LogP contribution in [0.3, 0.4) is 0 Å². The average Bonchev–Trinajstić information content (AvgIpc) is 2.28. The number of rotatable bonds is 1. The molecule has 0 heterocycles. The van der Waals surface area contributed by atoms with E-state index in [9.17, 15) is 13.9 Å². The summed E-state index contributed by atoms with van der Waals surface area (Å²) in [6, 6.07) is 0. The van der Waals surface area contributed by atoms with Crippen molar-refractivity contribution in [2.75, 3.05) is 0 Å². The lowest BCUT2D eigenvalue weighted by molar-refractivity contribution is -0.0530. The molecule has 0 amide bonds. The van der Waals surface area contributed by atoms with Crippen molar-refractivity contribution in [3.63, 3.8) is 0 Å². The molecule has 4 heteroatoms. The Kier molecular flexibility index (Phi) is 4.27. The third-order valence-electron chi connectivity index (χ3n) is 4.30. The van der Waals surface area contributed by atoms with Crippen LogP contribution in [0.5, 0.6) is 0 Å². The van der Waals surface area contributed by atoms with Crippen molar-refractivity contribution in [1.82, 2.24) is 0 Å². The van der Waals surface area contributed by atoms with Crippen LogP contribution in [0.2, 0.25) is 4.78 Å². The van der Waals surface area contributed by atoms with Crippen LogP contribution in [0.25, 0.3) is 0 Å². The zero-order valence-corrected chi connectivity index (χ0v) is 10.6. The number of aliphatic hydroxyl groups excluding tert-OH is 1. The minimum Gasteiger partial charge on any atom is -0.390 e. The summed E-state index contributed by atoms with van der Waals surface area (Å²) in [4.78, 5) is 0. The highest BCUT2D eigenvalue weighted by atomic mass is 27.0. The fourth-order valence-corrected chi connectivity index (χ4v) is 3.58. The first-order valence-corrected chi connectivity index (χ1v) is 6.98. The van der Waals surface area contributed by atoms with Crippen LogP contribution in [0.1, 0.15) is 38.5 Å². The van der Waals surface area contributed by atoms with Crippen molar-refractivity contribution >= 4 is 16.3 Å². The second kappa shape index (κ2) is 5.33. The van der Waals surface area contributed by atoms with Crippen molar-refractivity contribution in [2.24, 2.45) is 11.8 Å². The summed E-state index contributed by atoms with van der Waals surface area (Å²) in [5.74, 6) is 0.174. The highest BCUT2D eigenvalue weighted by Gasteiger charge is 2.43. The van der Waals surface area contributed by atoms with Gasteiger partial charge in [0.1, 0.15) is 22.5 Å². The van der Waals surface area contributed by atoms with Crippen LogP contribution in [0, 0.1) is 11.8 Å². The fourth-order valence-electron chi connectivity index (χ4n) is 3.20. The molecule has 4 unspecified atom stereocenters. The molecule has 0 aromatic heterocycles. The molecule has 0 saturated heterocycles. The van der Waals surface area contributed by atoms with Gasteiger partial charge in [0.25, 0.3) is 0 Å². The van der Waals surface area contributed by atoms with Crippen LogP contribution in [-0.4, -0.2) is 39.8 Å². The molecule has 16 heavy (non-hydrogen) atoms. The quantitative estimate of drug-likeness (QED) is 0.703. The number of hydrogen-bond donors (Lipinski definition) is 1. The van der Waals surface area contributed by atoms with Crippen LogP contribution in [0.4, 0.5) is 8.78 Å². The van der Waals surface area contributed by atoms with E-state index in [0.29, 0.717) is 23.5 Å². The molecule has 0 aliphatic heterocycles. The molecule has 2 radical (unpaired) electrons. The lowest BCUT2D eigenvalue weighted by atomic mass is 9.71. The van der Waals surface area contributed by atoms with Crippen molar-refractivity contribution in [3.8, 4) is 0 Å². The molecule has 0 aromatic carbocycles. The molecule has 2 rings (SSSR count). The van der Waals surface area contributed by atoms with Gasteiger partial charge in [-0.25, -0.2) is 8.78 Å². The van der Waals surface area contributed by atoms with Gasteiger partial charge in [-0.3, -0.25) is 0 Å². The Bertz CT molecular complexity index is 231. The van der Waals surface area contributed by atoms with Crippen LogP contribution < -0.4 is 0 Å². The van der Waals surface area contributed by atoms with Gasteiger partial charge in [-0.15, -0.1) is 4.78 Å². The Morgan fingerprint density at radius 1 is 0.875 bits per heavy atom. The zero-order valence-electron chi connectivity index (χ0n) is 9.49. The summed E-state index contributed by atoms with van der Waals surface area (Å²) in [5.41, 5.74) is 0. The zero-order chi connectivity index (χ0) is 11.7. The number of aliphatic hydroxyl groups is 1. The molecule has 2 aliphatic rings. The van der Waals surface area contributed by atoms with Gasteiger partial charge < -0.3 is 5.11 Å². The minimum absolute atomic E-state index is 0.157. The first-order chi connectivity index (χ1) is 7.59.